The van der Waals surface area contributed by atoms with E-state index < -0.39 is 21.7 Å². The fraction of sp³-hybridized carbons (Fsp3) is 0.0870. The standard InChI is InChI=1S/C23H19N3O5S2/c1-31-15-9-7-14(8-10-15)26(22(28)18-6-4-3-5-17(18)21(24)27)23-25-19-12-11-16(33(2,29)30)13-20(19)32-23/h3-13H,1-2H3,(H2,24,27). The number of carbonyl (C=O) groups is 2. The number of fused-ring (bicyclic) bond motifs is 1. The van der Waals surface area contributed by atoms with Gasteiger partial charge in [0.25, 0.3) is 5.91 Å². The summed E-state index contributed by atoms with van der Waals surface area (Å²) in [7, 11) is -1.87. The summed E-state index contributed by atoms with van der Waals surface area (Å²) in [6.45, 7) is 0. The van der Waals surface area contributed by atoms with E-state index in [2.05, 4.69) is 4.98 Å². The molecule has 0 saturated carbocycles. The van der Waals surface area contributed by atoms with Crippen LogP contribution in [0.4, 0.5) is 10.8 Å². The van der Waals surface area contributed by atoms with E-state index in [4.69, 9.17) is 10.5 Å². The lowest BCUT2D eigenvalue weighted by Gasteiger charge is -2.21. The summed E-state index contributed by atoms with van der Waals surface area (Å²) in [4.78, 5) is 31.7. The second-order valence-corrected chi connectivity index (χ2v) is 10.2. The number of methoxy groups -OCH3 is 1. The molecule has 0 radical (unpaired) electrons. The van der Waals surface area contributed by atoms with Crippen molar-refractivity contribution in [2.24, 2.45) is 5.73 Å². The molecule has 3 aromatic carbocycles. The number of sulfone groups is 1. The Kier molecular flexibility index (Phi) is 5.88. The molecule has 0 spiro atoms. The number of anilines is 2. The molecule has 4 aromatic rings. The summed E-state index contributed by atoms with van der Waals surface area (Å²) in [5.41, 5.74) is 6.72. The van der Waals surface area contributed by atoms with Crippen LogP contribution >= 0.6 is 11.3 Å². The number of primary amides is 1. The van der Waals surface area contributed by atoms with Gasteiger partial charge in [-0.3, -0.25) is 14.5 Å². The van der Waals surface area contributed by atoms with Crippen LogP contribution in [0.15, 0.2) is 71.6 Å². The molecule has 2 N–H and O–H groups in total. The highest BCUT2D eigenvalue weighted by Crippen LogP contribution is 2.36. The van der Waals surface area contributed by atoms with Crippen LogP contribution in [0.1, 0.15) is 20.7 Å². The summed E-state index contributed by atoms with van der Waals surface area (Å²) >= 11 is 1.16. The van der Waals surface area contributed by atoms with Crippen molar-refractivity contribution in [3.8, 4) is 5.75 Å². The van der Waals surface area contributed by atoms with E-state index in [0.717, 1.165) is 17.6 Å². The molecule has 0 unspecified atom stereocenters. The number of hydrogen-bond donors (Lipinski definition) is 1. The minimum atomic E-state index is -3.41. The predicted octanol–water partition coefficient (Wildman–Crippen LogP) is 3.79. The number of nitrogens with zero attached hydrogens (tertiary/aromatic N) is 2. The predicted molar refractivity (Wildman–Crippen MR) is 127 cm³/mol. The zero-order valence-electron chi connectivity index (χ0n) is 17.7. The quantitative estimate of drug-likeness (QED) is 0.447. The largest absolute Gasteiger partial charge is 0.497 e. The van der Waals surface area contributed by atoms with Crippen molar-refractivity contribution in [1.29, 1.82) is 0 Å². The van der Waals surface area contributed by atoms with E-state index in [1.165, 1.54) is 36.3 Å². The Hall–Kier alpha value is -3.76. The summed E-state index contributed by atoms with van der Waals surface area (Å²) in [6.07, 6.45) is 1.13. The normalized spacial score (nSPS) is 11.3. The molecule has 0 bridgehead atoms. The minimum absolute atomic E-state index is 0.0847. The van der Waals surface area contributed by atoms with E-state index in [0.29, 0.717) is 26.8 Å². The lowest BCUT2D eigenvalue weighted by molar-refractivity contribution is 0.0967. The first-order valence-corrected chi connectivity index (χ1v) is 12.4. The number of benzene rings is 3. The first kappa shape index (κ1) is 22.4. The van der Waals surface area contributed by atoms with Crippen LogP contribution in [0.3, 0.4) is 0 Å². The second kappa shape index (κ2) is 8.64. The van der Waals surface area contributed by atoms with Gasteiger partial charge in [0.1, 0.15) is 5.75 Å². The average Bonchev–Trinajstić information content (AvgIpc) is 3.21. The van der Waals surface area contributed by atoms with Crippen molar-refractivity contribution >= 4 is 54.0 Å². The van der Waals surface area contributed by atoms with Gasteiger partial charge in [0, 0.05) is 6.26 Å². The SMILES string of the molecule is COc1ccc(N(C(=O)c2ccccc2C(N)=O)c2nc3ccc(S(C)(=O)=O)cc3s2)cc1. The number of ether oxygens (including phenoxy) is 1. The van der Waals surface area contributed by atoms with E-state index in [9.17, 15) is 18.0 Å². The number of aromatic nitrogens is 1. The van der Waals surface area contributed by atoms with Crippen molar-refractivity contribution in [3.63, 3.8) is 0 Å². The van der Waals surface area contributed by atoms with Crippen LogP contribution in [0.2, 0.25) is 0 Å². The number of thiazole rings is 1. The zero-order chi connectivity index (χ0) is 23.8. The van der Waals surface area contributed by atoms with E-state index >= 15 is 0 Å². The molecule has 0 atom stereocenters. The summed E-state index contributed by atoms with van der Waals surface area (Å²) < 4.78 is 29.7. The van der Waals surface area contributed by atoms with Crippen molar-refractivity contribution in [1.82, 2.24) is 4.98 Å². The van der Waals surface area contributed by atoms with Gasteiger partial charge < -0.3 is 10.5 Å². The molecule has 2 amide bonds. The van der Waals surface area contributed by atoms with Crippen LogP contribution in [0.5, 0.6) is 5.75 Å². The Labute approximate surface area is 194 Å². The summed E-state index contributed by atoms with van der Waals surface area (Å²) in [5.74, 6) is -0.626. The fourth-order valence-electron chi connectivity index (χ4n) is 3.27. The molecule has 0 aliphatic carbocycles. The minimum Gasteiger partial charge on any atom is -0.497 e. The third-order valence-electron chi connectivity index (χ3n) is 4.92. The fourth-order valence-corrected chi connectivity index (χ4v) is 5.02. The number of rotatable bonds is 6. The zero-order valence-corrected chi connectivity index (χ0v) is 19.3. The lowest BCUT2D eigenvalue weighted by Crippen LogP contribution is -2.28. The van der Waals surface area contributed by atoms with Crippen molar-refractivity contribution in [3.05, 3.63) is 77.9 Å². The molecule has 0 fully saturated rings. The smallest absolute Gasteiger partial charge is 0.265 e. The Morgan fingerprint density at radius 2 is 1.67 bits per heavy atom. The van der Waals surface area contributed by atoms with E-state index in [1.54, 1.807) is 42.5 Å². The summed E-state index contributed by atoms with van der Waals surface area (Å²) in [5, 5.41) is 0.310. The number of nitrogens with two attached hydrogens (primary N) is 1. The topological polar surface area (TPSA) is 120 Å². The monoisotopic (exact) mass is 481 g/mol. The molecule has 4 rings (SSSR count). The highest BCUT2D eigenvalue weighted by atomic mass is 32.2. The van der Waals surface area contributed by atoms with Gasteiger partial charge in [-0.15, -0.1) is 0 Å². The van der Waals surface area contributed by atoms with Gasteiger partial charge in [-0.05, 0) is 54.6 Å². The lowest BCUT2D eigenvalue weighted by atomic mass is 10.1. The first-order valence-electron chi connectivity index (χ1n) is 9.67. The Morgan fingerprint density at radius 3 is 2.27 bits per heavy atom. The maximum atomic E-state index is 13.7. The number of hydrogen-bond acceptors (Lipinski definition) is 7. The van der Waals surface area contributed by atoms with Gasteiger partial charge in [0.2, 0.25) is 5.91 Å². The van der Waals surface area contributed by atoms with Gasteiger partial charge in [-0.2, -0.15) is 0 Å². The van der Waals surface area contributed by atoms with Crippen LogP contribution in [-0.4, -0.2) is 38.6 Å². The number of amides is 2. The van der Waals surface area contributed by atoms with Crippen LogP contribution < -0.4 is 15.4 Å². The Bertz CT molecular complexity index is 1480. The second-order valence-electron chi connectivity index (χ2n) is 7.15. The van der Waals surface area contributed by atoms with Crippen LogP contribution in [0, 0.1) is 0 Å². The third-order valence-corrected chi connectivity index (χ3v) is 7.04. The number of carbonyl (C=O) groups excluding carboxylic acids is 2. The van der Waals surface area contributed by atoms with Gasteiger partial charge in [0.05, 0.1) is 39.0 Å². The molecular weight excluding hydrogens is 462 g/mol. The molecule has 0 aliphatic rings. The van der Waals surface area contributed by atoms with Crippen LogP contribution in [0.25, 0.3) is 10.2 Å². The maximum absolute atomic E-state index is 13.7. The third kappa shape index (κ3) is 4.43. The molecule has 0 aliphatic heterocycles. The van der Waals surface area contributed by atoms with Gasteiger partial charge in [0.15, 0.2) is 15.0 Å². The van der Waals surface area contributed by atoms with Crippen molar-refractivity contribution in [2.45, 2.75) is 4.90 Å². The maximum Gasteiger partial charge on any atom is 0.265 e. The van der Waals surface area contributed by atoms with E-state index in [-0.39, 0.29) is 16.0 Å². The molecule has 0 saturated heterocycles. The molecular formula is C23H19N3O5S2. The Balaban J connectivity index is 1.89. The molecule has 10 heteroatoms. The van der Waals surface area contributed by atoms with Gasteiger partial charge in [-0.25, -0.2) is 13.4 Å². The highest BCUT2D eigenvalue weighted by molar-refractivity contribution is 7.90. The van der Waals surface area contributed by atoms with Crippen LogP contribution in [-0.2, 0) is 9.84 Å². The molecule has 8 nitrogen and oxygen atoms in total. The van der Waals surface area contributed by atoms with Gasteiger partial charge >= 0.3 is 0 Å². The molecule has 1 aromatic heterocycles. The highest BCUT2D eigenvalue weighted by Gasteiger charge is 2.26. The first-order chi connectivity index (χ1) is 15.7. The van der Waals surface area contributed by atoms with Crippen molar-refractivity contribution < 1.29 is 22.7 Å². The molecule has 33 heavy (non-hydrogen) atoms. The molecule has 168 valence electrons. The Morgan fingerprint density at radius 1 is 1.00 bits per heavy atom. The van der Waals surface area contributed by atoms with E-state index in [1.807, 2.05) is 0 Å². The average molecular weight is 482 g/mol. The summed E-state index contributed by atoms with van der Waals surface area (Å²) in [6, 6.07) is 17.7. The van der Waals surface area contributed by atoms with Gasteiger partial charge in [-0.1, -0.05) is 23.5 Å². The van der Waals surface area contributed by atoms with Crippen molar-refractivity contribution in [2.75, 3.05) is 18.3 Å². The molecule has 1 heterocycles.